The molecule has 6 nitrogen and oxygen atoms in total. The number of nitrogens with two attached hydrogens (primary N) is 1. The first-order valence-corrected chi connectivity index (χ1v) is 5.96. The van der Waals surface area contributed by atoms with Crippen LogP contribution in [0.3, 0.4) is 0 Å². The smallest absolute Gasteiger partial charge is 0.466 e. The summed E-state index contributed by atoms with van der Waals surface area (Å²) in [5.41, 5.74) is 4.91. The van der Waals surface area contributed by atoms with E-state index in [1.165, 1.54) is 0 Å². The summed E-state index contributed by atoms with van der Waals surface area (Å²) in [5.74, 6) is -0.0463. The molecule has 0 saturated carbocycles. The van der Waals surface area contributed by atoms with E-state index in [9.17, 15) is 9.59 Å². The van der Waals surface area contributed by atoms with Gasteiger partial charge in [0, 0.05) is 13.0 Å². The second-order valence-corrected chi connectivity index (χ2v) is 3.50. The number of esters is 1. The van der Waals surface area contributed by atoms with Gasteiger partial charge in [0.05, 0.1) is 19.8 Å². The van der Waals surface area contributed by atoms with Gasteiger partial charge in [-0.05, 0) is 19.3 Å². The lowest BCUT2D eigenvalue weighted by Crippen LogP contribution is -2.02. The van der Waals surface area contributed by atoms with Crippen molar-refractivity contribution in [3.63, 3.8) is 0 Å². The predicted molar refractivity (Wildman–Crippen MR) is 68.5 cm³/mol. The summed E-state index contributed by atoms with van der Waals surface area (Å²) in [4.78, 5) is 20.3. The molecule has 2 N–H and O–H groups in total. The maximum absolute atomic E-state index is 10.2. The van der Waals surface area contributed by atoms with Gasteiger partial charge in [0.2, 0.25) is 0 Å². The molecule has 2 aliphatic rings. The lowest BCUT2D eigenvalue weighted by atomic mass is 10.3. The topological polar surface area (TPSA) is 87.9 Å². The van der Waals surface area contributed by atoms with Crippen LogP contribution in [0.25, 0.3) is 0 Å². The van der Waals surface area contributed by atoms with Crippen LogP contribution in [0.4, 0.5) is 9.50 Å². The summed E-state index contributed by atoms with van der Waals surface area (Å²) in [7, 11) is 0. The van der Waals surface area contributed by atoms with E-state index < -0.39 is 6.16 Å². The quantitative estimate of drug-likeness (QED) is 0.578. The summed E-state index contributed by atoms with van der Waals surface area (Å²) in [5, 5.41) is 0. The number of hydrogen-bond acceptors (Lipinski definition) is 6. The first-order chi connectivity index (χ1) is 8.70. The van der Waals surface area contributed by atoms with Crippen molar-refractivity contribution < 1.29 is 28.5 Å². The Bertz CT molecular complexity index is 243. The Labute approximate surface area is 112 Å². The SMILES string of the molecule is C=CCN.F.O=C1CCCO1.O=C1OCCCCO1. The zero-order valence-electron chi connectivity index (χ0n) is 11.0. The van der Waals surface area contributed by atoms with E-state index >= 15 is 0 Å². The van der Waals surface area contributed by atoms with Crippen LogP contribution >= 0.6 is 0 Å². The maximum atomic E-state index is 10.2. The molecule has 0 atom stereocenters. The summed E-state index contributed by atoms with van der Waals surface area (Å²) in [6.07, 6.45) is 4.51. The molecule has 2 saturated heterocycles. The average molecular weight is 279 g/mol. The molecule has 2 aliphatic heterocycles. The molecule has 0 aromatic carbocycles. The Morgan fingerprint density at radius 2 is 1.53 bits per heavy atom. The Hall–Kier alpha value is -1.63. The highest BCUT2D eigenvalue weighted by Crippen LogP contribution is 2.01. The van der Waals surface area contributed by atoms with Crippen molar-refractivity contribution >= 4 is 12.1 Å². The molecule has 0 bridgehead atoms. The van der Waals surface area contributed by atoms with Crippen molar-refractivity contribution in [1.82, 2.24) is 0 Å². The van der Waals surface area contributed by atoms with Crippen molar-refractivity contribution in [1.29, 1.82) is 0 Å². The Kier molecular flexibility index (Phi) is 15.0. The molecule has 0 amide bonds. The number of carbonyl (C=O) groups is 2. The standard InChI is InChI=1S/C5H8O3.C4H6O2.C3H7N.FH/c6-5-7-3-1-2-4-8-5;5-4-2-1-3-6-4;1-2-3-4;/h1-4H2;1-3H2;2H,1,3-4H2;1H. The molecule has 0 aromatic rings. The molecule has 7 heteroatoms. The van der Waals surface area contributed by atoms with Crippen molar-refractivity contribution in [2.75, 3.05) is 26.4 Å². The first-order valence-electron chi connectivity index (χ1n) is 5.96. The van der Waals surface area contributed by atoms with Crippen molar-refractivity contribution in [3.05, 3.63) is 12.7 Å². The third-order valence-electron chi connectivity index (χ3n) is 1.93. The monoisotopic (exact) mass is 279 g/mol. The van der Waals surface area contributed by atoms with Crippen LogP contribution in [0.2, 0.25) is 0 Å². The molecule has 112 valence electrons. The normalized spacial score (nSPS) is 16.7. The number of cyclic esters (lactones) is 3. The Balaban J connectivity index is 0. The van der Waals surface area contributed by atoms with Crippen molar-refractivity contribution in [2.24, 2.45) is 5.73 Å². The minimum absolute atomic E-state index is 0. The minimum atomic E-state index is -0.525. The zero-order chi connectivity index (χ0) is 13.6. The highest BCUT2D eigenvalue weighted by molar-refractivity contribution is 5.70. The molecule has 0 radical (unpaired) electrons. The van der Waals surface area contributed by atoms with Crippen LogP contribution in [-0.4, -0.2) is 38.5 Å². The molecule has 2 heterocycles. The van der Waals surface area contributed by atoms with E-state index in [0.29, 0.717) is 32.8 Å². The highest BCUT2D eigenvalue weighted by Gasteiger charge is 2.08. The van der Waals surface area contributed by atoms with E-state index in [1.807, 2.05) is 0 Å². The van der Waals surface area contributed by atoms with Gasteiger partial charge >= 0.3 is 12.1 Å². The molecule has 19 heavy (non-hydrogen) atoms. The third kappa shape index (κ3) is 14.3. The van der Waals surface area contributed by atoms with E-state index in [1.54, 1.807) is 6.08 Å². The number of hydrogen-bond donors (Lipinski definition) is 1. The summed E-state index contributed by atoms with van der Waals surface area (Å²) >= 11 is 0. The largest absolute Gasteiger partial charge is 0.508 e. The number of halogens is 1. The molecule has 0 aliphatic carbocycles. The van der Waals surface area contributed by atoms with Gasteiger partial charge in [-0.1, -0.05) is 6.08 Å². The fourth-order valence-electron chi connectivity index (χ4n) is 1.03. The Morgan fingerprint density at radius 1 is 1.05 bits per heavy atom. The van der Waals surface area contributed by atoms with Crippen molar-refractivity contribution in [2.45, 2.75) is 25.7 Å². The van der Waals surface area contributed by atoms with E-state index in [-0.39, 0.29) is 10.7 Å². The van der Waals surface area contributed by atoms with Crippen molar-refractivity contribution in [3.8, 4) is 0 Å². The average Bonchev–Trinajstić information content (AvgIpc) is 2.73. The van der Waals surface area contributed by atoms with E-state index in [4.69, 9.17) is 5.73 Å². The number of carbonyl (C=O) groups excluding carboxylic acids is 2. The number of ether oxygens (including phenoxy) is 3. The third-order valence-corrected chi connectivity index (χ3v) is 1.93. The second-order valence-electron chi connectivity index (χ2n) is 3.50. The van der Waals surface area contributed by atoms with Gasteiger partial charge in [-0.15, -0.1) is 6.58 Å². The highest BCUT2D eigenvalue weighted by atomic mass is 19.0. The molecule has 0 spiro atoms. The van der Waals surface area contributed by atoms with Gasteiger partial charge < -0.3 is 19.9 Å². The lowest BCUT2D eigenvalue weighted by molar-refractivity contribution is -0.137. The minimum Gasteiger partial charge on any atom is -0.466 e. The van der Waals surface area contributed by atoms with Crippen LogP contribution < -0.4 is 5.73 Å². The lowest BCUT2D eigenvalue weighted by Gasteiger charge is -1.94. The van der Waals surface area contributed by atoms with Crippen LogP contribution in [0.15, 0.2) is 12.7 Å². The Morgan fingerprint density at radius 3 is 1.79 bits per heavy atom. The van der Waals surface area contributed by atoms with Gasteiger partial charge in [-0.3, -0.25) is 9.50 Å². The molecular weight excluding hydrogens is 257 g/mol. The summed E-state index contributed by atoms with van der Waals surface area (Å²) < 4.78 is 13.6. The summed E-state index contributed by atoms with van der Waals surface area (Å²) in [6.45, 7) is 5.60. The fraction of sp³-hybridized carbons (Fsp3) is 0.667. The first kappa shape index (κ1) is 19.7. The van der Waals surface area contributed by atoms with Crippen LogP contribution in [0.5, 0.6) is 0 Å². The molecule has 2 fully saturated rings. The molecule has 2 rings (SSSR count). The van der Waals surface area contributed by atoms with E-state index in [0.717, 1.165) is 19.3 Å². The molecule has 0 unspecified atom stereocenters. The zero-order valence-corrected chi connectivity index (χ0v) is 11.0. The van der Waals surface area contributed by atoms with Crippen LogP contribution in [-0.2, 0) is 19.0 Å². The predicted octanol–water partition coefficient (Wildman–Crippen LogP) is 1.54. The van der Waals surface area contributed by atoms with E-state index in [2.05, 4.69) is 20.8 Å². The van der Waals surface area contributed by atoms with Gasteiger partial charge in [-0.2, -0.15) is 0 Å². The van der Waals surface area contributed by atoms with Gasteiger partial charge in [0.25, 0.3) is 0 Å². The maximum Gasteiger partial charge on any atom is 0.508 e. The van der Waals surface area contributed by atoms with Gasteiger partial charge in [0.15, 0.2) is 0 Å². The summed E-state index contributed by atoms with van der Waals surface area (Å²) in [6, 6.07) is 0. The van der Waals surface area contributed by atoms with Gasteiger partial charge in [0.1, 0.15) is 0 Å². The van der Waals surface area contributed by atoms with Gasteiger partial charge in [-0.25, -0.2) is 4.79 Å². The second kappa shape index (κ2) is 14.4. The molecular formula is C12H22FNO5. The molecule has 0 aromatic heterocycles. The van der Waals surface area contributed by atoms with Crippen LogP contribution in [0.1, 0.15) is 25.7 Å². The van der Waals surface area contributed by atoms with Crippen LogP contribution in [0, 0.1) is 0 Å². The fourth-order valence-corrected chi connectivity index (χ4v) is 1.03. The number of rotatable bonds is 1.